The van der Waals surface area contributed by atoms with Crippen LogP contribution in [0.1, 0.15) is 41.8 Å². The van der Waals surface area contributed by atoms with Crippen LogP contribution in [0.2, 0.25) is 10.0 Å². The van der Waals surface area contributed by atoms with Crippen LogP contribution in [-0.2, 0) is 4.74 Å². The van der Waals surface area contributed by atoms with Gasteiger partial charge in [-0.05, 0) is 44.7 Å². The van der Waals surface area contributed by atoms with Crippen molar-refractivity contribution >= 4 is 29.2 Å². The van der Waals surface area contributed by atoms with E-state index in [4.69, 9.17) is 32.5 Å². The lowest BCUT2D eigenvalue weighted by atomic mass is 10.0. The maximum absolute atomic E-state index is 12.8. The number of carbonyl (C=O) groups excluding carboxylic acids is 1. The number of nitrogens with one attached hydrogen (secondary N) is 1. The molecule has 3 heterocycles. The fourth-order valence-electron chi connectivity index (χ4n) is 3.82. The Balaban J connectivity index is 1.62. The molecule has 0 spiro atoms. The summed E-state index contributed by atoms with van der Waals surface area (Å²) in [4.78, 5) is 12.8. The zero-order valence-corrected chi connectivity index (χ0v) is 15.2. The van der Waals surface area contributed by atoms with Crippen molar-refractivity contribution < 1.29 is 14.1 Å². The molecule has 3 atom stereocenters. The maximum Gasteiger partial charge on any atom is 0.344 e. The quantitative estimate of drug-likeness (QED) is 0.799. The van der Waals surface area contributed by atoms with E-state index in [1.807, 2.05) is 0 Å². The van der Waals surface area contributed by atoms with Crippen LogP contribution in [0.3, 0.4) is 0 Å². The molecule has 0 saturated carbocycles. The Labute approximate surface area is 155 Å². The number of halogens is 2. The van der Waals surface area contributed by atoms with Gasteiger partial charge in [0.15, 0.2) is 0 Å². The zero-order valence-electron chi connectivity index (χ0n) is 13.7. The minimum Gasteiger partial charge on any atom is -0.459 e. The average Bonchev–Trinajstić information content (AvgIpc) is 3.10. The summed E-state index contributed by atoms with van der Waals surface area (Å²) < 4.78 is 11.0. The summed E-state index contributed by atoms with van der Waals surface area (Å²) in [6, 6.07) is 6.03. The van der Waals surface area contributed by atoms with Gasteiger partial charge in [0.25, 0.3) is 0 Å². The smallest absolute Gasteiger partial charge is 0.344 e. The van der Waals surface area contributed by atoms with Gasteiger partial charge in [0.1, 0.15) is 23.1 Å². The molecule has 7 heteroatoms. The lowest BCUT2D eigenvalue weighted by Gasteiger charge is -2.28. The fourth-order valence-corrected chi connectivity index (χ4v) is 4.40. The van der Waals surface area contributed by atoms with E-state index < -0.39 is 5.97 Å². The predicted molar refractivity (Wildman–Crippen MR) is 95.1 cm³/mol. The predicted octanol–water partition coefficient (Wildman–Crippen LogP) is 4.40. The molecule has 2 saturated heterocycles. The average molecular weight is 381 g/mol. The molecular formula is C18H18Cl2N2O3. The zero-order chi connectivity index (χ0) is 17.6. The number of hydrogen-bond acceptors (Lipinski definition) is 5. The van der Waals surface area contributed by atoms with Gasteiger partial charge in [0.05, 0.1) is 10.0 Å². The second-order valence-electron chi connectivity index (χ2n) is 6.70. The first-order chi connectivity index (χ1) is 12.0. The second-order valence-corrected chi connectivity index (χ2v) is 7.51. The molecule has 1 aromatic heterocycles. The largest absolute Gasteiger partial charge is 0.459 e. The summed E-state index contributed by atoms with van der Waals surface area (Å²) in [5, 5.41) is 8.37. The SMILES string of the molecule is Cc1onc(-c2c(Cl)cccc2Cl)c1C(=O)O[C@H]1CC2CC[C@@H](C1)N2. The maximum atomic E-state index is 12.8. The van der Waals surface area contributed by atoms with Gasteiger partial charge in [-0.25, -0.2) is 4.79 Å². The number of esters is 1. The Hall–Kier alpha value is -1.56. The van der Waals surface area contributed by atoms with Crippen molar-refractivity contribution in [3.8, 4) is 11.3 Å². The summed E-state index contributed by atoms with van der Waals surface area (Å²) in [5.74, 6) is -0.0380. The number of piperidine rings is 1. The first-order valence-electron chi connectivity index (χ1n) is 8.40. The highest BCUT2D eigenvalue weighted by molar-refractivity contribution is 6.39. The molecule has 2 fully saturated rings. The van der Waals surface area contributed by atoms with Crippen LogP contribution in [0.5, 0.6) is 0 Å². The van der Waals surface area contributed by atoms with E-state index in [9.17, 15) is 4.79 Å². The molecule has 25 heavy (non-hydrogen) atoms. The van der Waals surface area contributed by atoms with Crippen LogP contribution in [0.25, 0.3) is 11.3 Å². The number of aromatic nitrogens is 1. The van der Waals surface area contributed by atoms with Crippen LogP contribution in [0, 0.1) is 6.92 Å². The molecule has 0 amide bonds. The van der Waals surface area contributed by atoms with E-state index >= 15 is 0 Å². The molecule has 1 unspecified atom stereocenters. The van der Waals surface area contributed by atoms with Gasteiger partial charge >= 0.3 is 5.97 Å². The Bertz CT molecular complexity index is 788. The van der Waals surface area contributed by atoms with E-state index in [1.165, 1.54) is 0 Å². The van der Waals surface area contributed by atoms with Crippen LogP contribution in [-0.4, -0.2) is 29.3 Å². The van der Waals surface area contributed by atoms with Crippen LogP contribution < -0.4 is 5.32 Å². The number of fused-ring (bicyclic) bond motifs is 2. The summed E-state index contributed by atoms with van der Waals surface area (Å²) >= 11 is 12.5. The topological polar surface area (TPSA) is 64.4 Å². The summed E-state index contributed by atoms with van der Waals surface area (Å²) in [5.41, 5.74) is 1.11. The number of nitrogens with zero attached hydrogens (tertiary/aromatic N) is 1. The molecule has 5 nitrogen and oxygen atoms in total. The fraction of sp³-hybridized carbons (Fsp3) is 0.444. The molecule has 132 valence electrons. The van der Waals surface area contributed by atoms with Crippen molar-refractivity contribution in [2.75, 3.05) is 0 Å². The third-order valence-electron chi connectivity index (χ3n) is 4.97. The van der Waals surface area contributed by atoms with Crippen LogP contribution in [0.4, 0.5) is 0 Å². The van der Waals surface area contributed by atoms with Gasteiger partial charge in [-0.1, -0.05) is 34.4 Å². The van der Waals surface area contributed by atoms with Gasteiger partial charge in [0.2, 0.25) is 0 Å². The van der Waals surface area contributed by atoms with Gasteiger partial charge in [0, 0.05) is 17.6 Å². The molecule has 0 radical (unpaired) electrons. The van der Waals surface area contributed by atoms with Crippen molar-refractivity contribution in [1.82, 2.24) is 10.5 Å². The monoisotopic (exact) mass is 380 g/mol. The molecule has 1 aromatic carbocycles. The van der Waals surface area contributed by atoms with Gasteiger partial charge in [-0.3, -0.25) is 0 Å². The minimum atomic E-state index is -0.434. The summed E-state index contributed by atoms with van der Waals surface area (Å²) in [7, 11) is 0. The van der Waals surface area contributed by atoms with Crippen molar-refractivity contribution in [2.45, 2.75) is 50.8 Å². The van der Waals surface area contributed by atoms with E-state index in [0.29, 0.717) is 44.7 Å². The van der Waals surface area contributed by atoms with Crippen LogP contribution >= 0.6 is 23.2 Å². The Morgan fingerprint density at radius 1 is 1.24 bits per heavy atom. The highest BCUT2D eigenvalue weighted by atomic mass is 35.5. The Kier molecular flexibility index (Phi) is 4.48. The van der Waals surface area contributed by atoms with Crippen LogP contribution in [0.15, 0.2) is 22.7 Å². The molecule has 0 aliphatic carbocycles. The normalized spacial score (nSPS) is 25.2. The van der Waals surface area contributed by atoms with Gasteiger partial charge in [-0.15, -0.1) is 0 Å². The molecule has 2 aliphatic rings. The van der Waals surface area contributed by atoms with Crippen molar-refractivity contribution in [3.63, 3.8) is 0 Å². The van der Waals surface area contributed by atoms with E-state index in [1.54, 1.807) is 25.1 Å². The van der Waals surface area contributed by atoms with E-state index in [-0.39, 0.29) is 6.10 Å². The third-order valence-corrected chi connectivity index (χ3v) is 5.60. The minimum absolute atomic E-state index is 0.0879. The van der Waals surface area contributed by atoms with Crippen molar-refractivity contribution in [3.05, 3.63) is 39.6 Å². The molecular weight excluding hydrogens is 363 g/mol. The number of aryl methyl sites for hydroxylation is 1. The second kappa shape index (κ2) is 6.63. The Morgan fingerprint density at radius 3 is 2.52 bits per heavy atom. The highest BCUT2D eigenvalue weighted by Crippen LogP contribution is 2.37. The van der Waals surface area contributed by atoms with Crippen molar-refractivity contribution in [1.29, 1.82) is 0 Å². The molecule has 2 bridgehead atoms. The van der Waals surface area contributed by atoms with Crippen molar-refractivity contribution in [2.24, 2.45) is 0 Å². The number of ether oxygens (including phenoxy) is 1. The Morgan fingerprint density at radius 2 is 1.88 bits per heavy atom. The lowest BCUT2D eigenvalue weighted by molar-refractivity contribution is 0.0176. The molecule has 2 aromatic rings. The number of rotatable bonds is 3. The van der Waals surface area contributed by atoms with E-state index in [2.05, 4.69) is 10.5 Å². The molecule has 2 aliphatic heterocycles. The number of carbonyl (C=O) groups is 1. The number of benzene rings is 1. The first kappa shape index (κ1) is 16.9. The van der Waals surface area contributed by atoms with Gasteiger partial charge in [-0.2, -0.15) is 0 Å². The lowest BCUT2D eigenvalue weighted by Crippen LogP contribution is -2.42. The first-order valence-corrected chi connectivity index (χ1v) is 9.16. The third kappa shape index (κ3) is 3.16. The van der Waals surface area contributed by atoms with Gasteiger partial charge < -0.3 is 14.6 Å². The standard InChI is InChI=1S/C18H18Cl2N2O3/c1-9-15(17(22-25-9)16-13(19)3-2-4-14(16)20)18(23)24-12-7-10-5-6-11(8-12)21-10/h2-4,10-12,21H,5-8H2,1H3/t10-,11?,12+/m0/s1. The summed E-state index contributed by atoms with van der Waals surface area (Å²) in [6.45, 7) is 1.68. The highest BCUT2D eigenvalue weighted by Gasteiger charge is 2.36. The van der Waals surface area contributed by atoms with E-state index in [0.717, 1.165) is 25.7 Å². The molecule has 1 N–H and O–H groups in total. The molecule has 4 rings (SSSR count). The summed E-state index contributed by atoms with van der Waals surface area (Å²) in [6.07, 6.45) is 3.88. The number of hydrogen-bond donors (Lipinski definition) is 1.